The third-order valence-electron chi connectivity index (χ3n) is 6.44. The van der Waals surface area contributed by atoms with Gasteiger partial charge >= 0.3 is 0 Å². The average Bonchev–Trinajstić information content (AvgIpc) is 3.26. The van der Waals surface area contributed by atoms with Crippen LogP contribution in [0.3, 0.4) is 0 Å². The van der Waals surface area contributed by atoms with E-state index in [1.807, 2.05) is 92.7 Å². The predicted molar refractivity (Wildman–Crippen MR) is 159 cm³/mol. The maximum absolute atomic E-state index is 13.8. The van der Waals surface area contributed by atoms with Gasteiger partial charge in [-0.25, -0.2) is 4.98 Å². The van der Waals surface area contributed by atoms with Crippen LogP contribution in [0.25, 0.3) is 33.3 Å². The third-order valence-corrected chi connectivity index (χ3v) is 7.46. The van der Waals surface area contributed by atoms with Gasteiger partial charge < -0.3 is 10.1 Å². The number of hydrogen-bond donors (Lipinski definition) is 1. The molecule has 0 aliphatic rings. The lowest BCUT2D eigenvalue weighted by Crippen LogP contribution is -2.13. The second-order valence-electron chi connectivity index (χ2n) is 9.97. The van der Waals surface area contributed by atoms with Gasteiger partial charge in [0.15, 0.2) is 0 Å². The fourth-order valence-electron chi connectivity index (χ4n) is 4.50. The van der Waals surface area contributed by atoms with E-state index in [1.54, 1.807) is 0 Å². The van der Waals surface area contributed by atoms with Gasteiger partial charge in [-0.3, -0.25) is 4.79 Å². The molecule has 0 spiro atoms. The van der Waals surface area contributed by atoms with Crippen molar-refractivity contribution < 1.29 is 9.53 Å². The monoisotopic (exact) mass is 531 g/mol. The maximum Gasteiger partial charge on any atom is 0.257 e. The van der Waals surface area contributed by atoms with E-state index in [2.05, 4.69) is 25.2 Å². The van der Waals surface area contributed by atoms with Gasteiger partial charge in [0, 0.05) is 21.4 Å². The zero-order valence-electron chi connectivity index (χ0n) is 22.4. The molecule has 0 aliphatic heterocycles. The molecule has 0 saturated heterocycles. The summed E-state index contributed by atoms with van der Waals surface area (Å²) >= 11 is 1.42. The summed E-state index contributed by atoms with van der Waals surface area (Å²) < 4.78 is 5.92. The fourth-order valence-corrected chi connectivity index (χ4v) is 5.52. The first kappa shape index (κ1) is 26.1. The molecule has 194 valence electrons. The fraction of sp³-hybridized carbons (Fsp3) is 0.182. The van der Waals surface area contributed by atoms with Crippen LogP contribution in [0.15, 0.2) is 78.9 Å². The minimum absolute atomic E-state index is 0.282. The number of thiophene rings is 1. The molecular formula is C33H29N3O2S. The summed E-state index contributed by atoms with van der Waals surface area (Å²) in [6.45, 7) is 8.84. The van der Waals surface area contributed by atoms with Crippen LogP contribution < -0.4 is 10.1 Å². The highest BCUT2D eigenvalue weighted by molar-refractivity contribution is 7.17. The summed E-state index contributed by atoms with van der Waals surface area (Å²) in [7, 11) is 0. The number of anilines is 1. The number of nitriles is 1. The number of aryl methyl sites for hydroxylation is 2. The van der Waals surface area contributed by atoms with Gasteiger partial charge in [-0.2, -0.15) is 5.26 Å². The number of nitrogens with zero attached hydrogens (tertiary/aromatic N) is 2. The molecule has 5 aromatic rings. The number of para-hydroxylation sites is 1. The van der Waals surface area contributed by atoms with Gasteiger partial charge in [-0.15, -0.1) is 11.3 Å². The van der Waals surface area contributed by atoms with E-state index >= 15 is 0 Å². The molecule has 0 fully saturated rings. The van der Waals surface area contributed by atoms with Gasteiger partial charge in [0.2, 0.25) is 0 Å². The van der Waals surface area contributed by atoms with Crippen LogP contribution in [0.5, 0.6) is 5.75 Å². The van der Waals surface area contributed by atoms with Crippen molar-refractivity contribution in [1.82, 2.24) is 4.98 Å². The topological polar surface area (TPSA) is 75.0 Å². The minimum atomic E-state index is -0.282. The summed E-state index contributed by atoms with van der Waals surface area (Å²) in [5.74, 6) is 0.891. The lowest BCUT2D eigenvalue weighted by atomic mass is 10.0. The van der Waals surface area contributed by atoms with Crippen molar-refractivity contribution >= 4 is 33.1 Å². The number of hydrogen-bond acceptors (Lipinski definition) is 5. The van der Waals surface area contributed by atoms with Crippen molar-refractivity contribution in [2.75, 3.05) is 11.9 Å². The smallest absolute Gasteiger partial charge is 0.257 e. The Bertz CT molecular complexity index is 1710. The quantitative estimate of drug-likeness (QED) is 0.229. The number of benzene rings is 3. The molecular weight excluding hydrogens is 502 g/mol. The standard InChI is InChI=1S/C33H29N3O2S/c1-20(2)19-38-25-9-7-8-24(16-25)30-17-27(26-10-5-6-11-29(26)35-30)32(37)36-33-28(18-34)31(22(4)39-33)23-14-12-21(3)13-15-23/h5-17,20H,19H2,1-4H3,(H,36,37). The highest BCUT2D eigenvalue weighted by atomic mass is 32.1. The molecule has 0 bridgehead atoms. The molecule has 39 heavy (non-hydrogen) atoms. The summed E-state index contributed by atoms with van der Waals surface area (Å²) in [4.78, 5) is 19.6. The molecule has 0 aliphatic carbocycles. The molecule has 2 aromatic heterocycles. The largest absolute Gasteiger partial charge is 0.493 e. The Morgan fingerprint density at radius 1 is 1.00 bits per heavy atom. The zero-order chi connectivity index (χ0) is 27.5. The van der Waals surface area contributed by atoms with E-state index in [4.69, 9.17) is 9.72 Å². The SMILES string of the molecule is Cc1ccc(-c2c(C)sc(NC(=O)c3cc(-c4cccc(OCC(C)C)c4)nc4ccccc34)c2C#N)cc1. The number of pyridine rings is 1. The number of carbonyl (C=O) groups is 1. The highest BCUT2D eigenvalue weighted by Gasteiger charge is 2.21. The van der Waals surface area contributed by atoms with Crippen LogP contribution in [-0.4, -0.2) is 17.5 Å². The number of ether oxygens (including phenoxy) is 1. The second kappa shape index (κ2) is 11.1. The van der Waals surface area contributed by atoms with Crippen LogP contribution in [0.4, 0.5) is 5.00 Å². The van der Waals surface area contributed by atoms with Gasteiger partial charge in [-0.05, 0) is 49.6 Å². The molecule has 5 nitrogen and oxygen atoms in total. The van der Waals surface area contributed by atoms with E-state index in [9.17, 15) is 10.1 Å². The molecule has 2 heterocycles. The Hall–Kier alpha value is -4.47. The maximum atomic E-state index is 13.8. The van der Waals surface area contributed by atoms with E-state index in [0.717, 1.165) is 43.8 Å². The van der Waals surface area contributed by atoms with E-state index < -0.39 is 0 Å². The van der Waals surface area contributed by atoms with Gasteiger partial charge in [0.1, 0.15) is 16.8 Å². The number of fused-ring (bicyclic) bond motifs is 1. The predicted octanol–water partition coefficient (Wildman–Crippen LogP) is 8.41. The first-order valence-corrected chi connectivity index (χ1v) is 13.7. The molecule has 0 saturated carbocycles. The van der Waals surface area contributed by atoms with Gasteiger partial charge in [0.05, 0.1) is 28.9 Å². The molecule has 5 rings (SSSR count). The molecule has 1 N–H and O–H groups in total. The first-order valence-electron chi connectivity index (χ1n) is 12.9. The van der Waals surface area contributed by atoms with Crippen LogP contribution in [-0.2, 0) is 0 Å². The van der Waals surface area contributed by atoms with Crippen molar-refractivity contribution in [3.63, 3.8) is 0 Å². The Morgan fingerprint density at radius 2 is 1.77 bits per heavy atom. The summed E-state index contributed by atoms with van der Waals surface area (Å²) in [5.41, 5.74) is 6.20. The number of rotatable bonds is 7. The van der Waals surface area contributed by atoms with Crippen molar-refractivity contribution in [3.8, 4) is 34.2 Å². The molecule has 1 amide bonds. The molecule has 0 unspecified atom stereocenters. The van der Waals surface area contributed by atoms with E-state index in [-0.39, 0.29) is 5.91 Å². The van der Waals surface area contributed by atoms with Crippen molar-refractivity contribution in [3.05, 3.63) is 100 Å². The van der Waals surface area contributed by atoms with Crippen molar-refractivity contribution in [2.24, 2.45) is 5.92 Å². The van der Waals surface area contributed by atoms with E-state index in [0.29, 0.717) is 34.3 Å². The molecule has 6 heteroatoms. The van der Waals surface area contributed by atoms with Crippen LogP contribution in [0.2, 0.25) is 0 Å². The number of nitrogens with one attached hydrogen (secondary N) is 1. The lowest BCUT2D eigenvalue weighted by molar-refractivity contribution is 0.102. The van der Waals surface area contributed by atoms with Crippen LogP contribution >= 0.6 is 11.3 Å². The normalized spacial score (nSPS) is 11.0. The van der Waals surface area contributed by atoms with Gasteiger partial charge in [-0.1, -0.05) is 74.0 Å². The lowest BCUT2D eigenvalue weighted by Gasteiger charge is -2.12. The second-order valence-corrected chi connectivity index (χ2v) is 11.2. The molecule has 0 radical (unpaired) electrons. The Balaban J connectivity index is 1.53. The first-order chi connectivity index (χ1) is 18.8. The Labute approximate surface area is 232 Å². The highest BCUT2D eigenvalue weighted by Crippen LogP contribution is 2.40. The molecule has 0 atom stereocenters. The van der Waals surface area contributed by atoms with Crippen LogP contribution in [0.1, 0.15) is 40.2 Å². The number of aromatic nitrogens is 1. The van der Waals surface area contributed by atoms with Crippen molar-refractivity contribution in [2.45, 2.75) is 27.7 Å². The number of amides is 1. The summed E-state index contributed by atoms with van der Waals surface area (Å²) in [5, 5.41) is 14.4. The third kappa shape index (κ3) is 5.55. The van der Waals surface area contributed by atoms with E-state index in [1.165, 1.54) is 11.3 Å². The molecule has 3 aromatic carbocycles. The summed E-state index contributed by atoms with van der Waals surface area (Å²) in [6, 6.07) is 27.6. The minimum Gasteiger partial charge on any atom is -0.493 e. The summed E-state index contributed by atoms with van der Waals surface area (Å²) in [6.07, 6.45) is 0. The Kier molecular flexibility index (Phi) is 7.44. The van der Waals surface area contributed by atoms with Gasteiger partial charge in [0.25, 0.3) is 5.91 Å². The Morgan fingerprint density at radius 3 is 2.51 bits per heavy atom. The zero-order valence-corrected chi connectivity index (χ0v) is 23.2. The number of carbonyl (C=O) groups excluding carboxylic acids is 1. The van der Waals surface area contributed by atoms with Crippen LogP contribution in [0, 0.1) is 31.1 Å². The average molecular weight is 532 g/mol. The van der Waals surface area contributed by atoms with Crippen molar-refractivity contribution in [1.29, 1.82) is 5.26 Å².